The van der Waals surface area contributed by atoms with Gasteiger partial charge in [-0.2, -0.15) is 0 Å². The first-order valence-corrected chi connectivity index (χ1v) is 11.3. The Morgan fingerprint density at radius 1 is 1.06 bits per heavy atom. The smallest absolute Gasteiger partial charge is 0.309 e. The summed E-state index contributed by atoms with van der Waals surface area (Å²) in [7, 11) is 1.59. The maximum Gasteiger partial charge on any atom is 0.309 e. The van der Waals surface area contributed by atoms with Crippen LogP contribution in [-0.4, -0.2) is 49.4 Å². The highest BCUT2D eigenvalue weighted by atomic mass is 16.5. The summed E-state index contributed by atoms with van der Waals surface area (Å²) in [6.07, 6.45) is 1.43. The fourth-order valence-electron chi connectivity index (χ4n) is 3.94. The van der Waals surface area contributed by atoms with E-state index < -0.39 is 18.0 Å². The maximum absolute atomic E-state index is 12.6. The maximum atomic E-state index is 12.6. The van der Waals surface area contributed by atoms with E-state index in [1.165, 1.54) is 0 Å². The average molecular weight is 475 g/mol. The summed E-state index contributed by atoms with van der Waals surface area (Å²) in [5, 5.41) is 28.6. The molecule has 0 amide bonds. The van der Waals surface area contributed by atoms with Crippen molar-refractivity contribution in [1.82, 2.24) is 20.0 Å². The molecule has 0 aliphatic rings. The number of fused-ring (bicyclic) bond motifs is 1. The molecule has 2 aromatic carbocycles. The van der Waals surface area contributed by atoms with Crippen LogP contribution in [0.15, 0.2) is 71.7 Å². The number of nitrogens with zero attached hydrogens (tertiary/aromatic N) is 4. The van der Waals surface area contributed by atoms with E-state index in [-0.39, 0.29) is 24.9 Å². The Bertz CT molecular complexity index is 1350. The summed E-state index contributed by atoms with van der Waals surface area (Å²) in [4.78, 5) is 28.8. The third-order valence-electron chi connectivity index (χ3n) is 6.01. The predicted octanol–water partition coefficient (Wildman–Crippen LogP) is 2.95. The van der Waals surface area contributed by atoms with Crippen LogP contribution in [0, 0.1) is 5.92 Å². The Labute approximate surface area is 201 Å². The van der Waals surface area contributed by atoms with Gasteiger partial charge in [-0.1, -0.05) is 41.6 Å². The molecule has 2 heterocycles. The number of aliphatic hydroxyl groups is 1. The van der Waals surface area contributed by atoms with Crippen molar-refractivity contribution in [2.24, 2.45) is 5.92 Å². The Kier molecular flexibility index (Phi) is 7.47. The van der Waals surface area contributed by atoms with Crippen LogP contribution < -0.4 is 10.3 Å². The molecule has 0 radical (unpaired) electrons. The zero-order valence-electron chi connectivity index (χ0n) is 19.2. The van der Waals surface area contributed by atoms with Gasteiger partial charge in [0.05, 0.1) is 36.4 Å². The fourth-order valence-corrected chi connectivity index (χ4v) is 3.94. The molecular weight excluding hydrogens is 448 g/mol. The monoisotopic (exact) mass is 474 g/mol. The number of hydrogen-bond donors (Lipinski definition) is 2. The summed E-state index contributed by atoms with van der Waals surface area (Å²) >= 11 is 0. The van der Waals surface area contributed by atoms with Crippen LogP contribution >= 0.6 is 0 Å². The first-order valence-electron chi connectivity index (χ1n) is 11.3. The van der Waals surface area contributed by atoms with Gasteiger partial charge in [0.1, 0.15) is 11.3 Å². The van der Waals surface area contributed by atoms with Crippen molar-refractivity contribution in [2.75, 3.05) is 7.11 Å². The van der Waals surface area contributed by atoms with Crippen molar-refractivity contribution in [3.05, 3.63) is 82.8 Å². The third-order valence-corrected chi connectivity index (χ3v) is 6.01. The van der Waals surface area contributed by atoms with E-state index >= 15 is 0 Å². The molecule has 9 heteroatoms. The molecule has 0 saturated carbocycles. The van der Waals surface area contributed by atoms with Gasteiger partial charge in [0.25, 0.3) is 5.56 Å². The Balaban J connectivity index is 1.36. The minimum atomic E-state index is -1.11. The van der Waals surface area contributed by atoms with Gasteiger partial charge in [0.15, 0.2) is 0 Å². The van der Waals surface area contributed by atoms with Crippen LogP contribution in [0.25, 0.3) is 22.2 Å². The zero-order valence-corrected chi connectivity index (χ0v) is 19.2. The van der Waals surface area contributed by atoms with Crippen LogP contribution in [0.3, 0.4) is 0 Å². The highest BCUT2D eigenvalue weighted by Crippen LogP contribution is 2.22. The van der Waals surface area contributed by atoms with Crippen molar-refractivity contribution < 1.29 is 19.7 Å². The number of hydrogen-bond acceptors (Lipinski definition) is 7. The van der Waals surface area contributed by atoms with E-state index in [4.69, 9.17) is 4.74 Å². The Hall–Kier alpha value is -4.11. The number of methoxy groups -OCH3 is 1. The van der Waals surface area contributed by atoms with Gasteiger partial charge < -0.3 is 14.9 Å². The molecule has 9 nitrogen and oxygen atoms in total. The summed E-state index contributed by atoms with van der Waals surface area (Å²) in [6, 6.07) is 18.3. The molecule has 0 fully saturated rings. The number of carbonyl (C=O) groups is 1. The normalized spacial score (nSPS) is 12.9. The molecule has 4 rings (SSSR count). The van der Waals surface area contributed by atoms with Gasteiger partial charge in [-0.05, 0) is 49.1 Å². The number of pyridine rings is 1. The number of ether oxygens (including phenoxy) is 1. The van der Waals surface area contributed by atoms with Gasteiger partial charge in [0.2, 0.25) is 0 Å². The van der Waals surface area contributed by atoms with E-state index in [0.717, 1.165) is 21.5 Å². The van der Waals surface area contributed by atoms with Crippen LogP contribution in [0.2, 0.25) is 0 Å². The van der Waals surface area contributed by atoms with Gasteiger partial charge >= 0.3 is 5.97 Å². The molecule has 0 saturated heterocycles. The van der Waals surface area contributed by atoms with Gasteiger partial charge in [0, 0.05) is 12.1 Å². The van der Waals surface area contributed by atoms with Crippen molar-refractivity contribution in [1.29, 1.82) is 0 Å². The molecule has 35 heavy (non-hydrogen) atoms. The van der Waals surface area contributed by atoms with Crippen LogP contribution in [0.4, 0.5) is 0 Å². The number of aromatic nitrogens is 4. The number of carboxylic acids is 1. The minimum Gasteiger partial charge on any atom is -0.495 e. The van der Waals surface area contributed by atoms with E-state index in [2.05, 4.69) is 15.3 Å². The van der Waals surface area contributed by atoms with Gasteiger partial charge in [-0.3, -0.25) is 14.6 Å². The van der Waals surface area contributed by atoms with Crippen molar-refractivity contribution >= 4 is 16.9 Å². The van der Waals surface area contributed by atoms with E-state index in [1.807, 2.05) is 36.4 Å². The van der Waals surface area contributed by atoms with Crippen LogP contribution in [0.1, 0.15) is 18.4 Å². The number of benzene rings is 2. The lowest BCUT2D eigenvalue weighted by Gasteiger charge is -2.19. The second-order valence-electron chi connectivity index (χ2n) is 8.25. The molecule has 4 aromatic rings. The molecule has 180 valence electrons. The quantitative estimate of drug-likeness (QED) is 0.359. The molecule has 2 aromatic heterocycles. The van der Waals surface area contributed by atoms with Crippen LogP contribution in [-0.2, 0) is 17.8 Å². The lowest BCUT2D eigenvalue weighted by Crippen LogP contribution is -2.32. The summed E-state index contributed by atoms with van der Waals surface area (Å²) in [6.45, 7) is 0.0499. The SMILES string of the molecule is COc1ccc(-c2ccc(CCC(O)C(CCn3nnc4ccccc4c3=O)C(=O)O)cc2)nc1. The summed E-state index contributed by atoms with van der Waals surface area (Å²) < 4.78 is 6.28. The number of aliphatic carboxylic acids is 1. The molecule has 2 unspecified atom stereocenters. The first kappa shape index (κ1) is 24.0. The van der Waals surface area contributed by atoms with Gasteiger partial charge in [-0.25, -0.2) is 4.68 Å². The molecule has 0 aliphatic carbocycles. The second kappa shape index (κ2) is 10.9. The lowest BCUT2D eigenvalue weighted by atomic mass is 9.93. The molecular formula is C26H26N4O5. The van der Waals surface area contributed by atoms with Crippen molar-refractivity contribution in [3.8, 4) is 17.0 Å². The summed E-state index contributed by atoms with van der Waals surface area (Å²) in [5.41, 5.74) is 2.89. The van der Waals surface area contributed by atoms with Gasteiger partial charge in [-0.15, -0.1) is 5.10 Å². The average Bonchev–Trinajstić information content (AvgIpc) is 2.89. The molecule has 0 spiro atoms. The van der Waals surface area contributed by atoms with E-state index in [0.29, 0.717) is 23.1 Å². The molecule has 0 bridgehead atoms. The number of rotatable bonds is 10. The Morgan fingerprint density at radius 2 is 1.83 bits per heavy atom. The van der Waals surface area contributed by atoms with Crippen molar-refractivity contribution in [3.63, 3.8) is 0 Å². The highest BCUT2D eigenvalue weighted by Gasteiger charge is 2.26. The van der Waals surface area contributed by atoms with Crippen molar-refractivity contribution in [2.45, 2.75) is 31.9 Å². The number of aryl methyl sites for hydroxylation is 2. The molecule has 0 aliphatic heterocycles. The largest absolute Gasteiger partial charge is 0.495 e. The lowest BCUT2D eigenvalue weighted by molar-refractivity contribution is -0.146. The zero-order chi connectivity index (χ0) is 24.8. The summed E-state index contributed by atoms with van der Waals surface area (Å²) in [5.74, 6) is -1.46. The topological polar surface area (TPSA) is 127 Å². The second-order valence-corrected chi connectivity index (χ2v) is 8.25. The number of aliphatic hydroxyl groups excluding tert-OH is 1. The third kappa shape index (κ3) is 5.70. The molecule has 2 atom stereocenters. The van der Waals surface area contributed by atoms with E-state index in [1.54, 1.807) is 37.6 Å². The van der Waals surface area contributed by atoms with E-state index in [9.17, 15) is 19.8 Å². The first-order chi connectivity index (χ1) is 17.0. The number of carboxylic acid groups (broad SMARTS) is 1. The minimum absolute atomic E-state index is 0.0499. The Morgan fingerprint density at radius 3 is 2.51 bits per heavy atom. The standard InChI is InChI=1S/C26H26N4O5/c1-35-19-11-12-22(27-16-19)18-9-6-17(7-10-18)8-13-24(31)21(26(33)34)14-15-30-25(32)20-4-2-3-5-23(20)28-29-30/h2-7,9-12,16,21,24,31H,8,13-15H2,1H3,(H,33,34). The fraction of sp³-hybridized carbons (Fsp3) is 0.269. The highest BCUT2D eigenvalue weighted by molar-refractivity contribution is 5.76. The van der Waals surface area contributed by atoms with Crippen LogP contribution in [0.5, 0.6) is 5.75 Å². The molecule has 2 N–H and O–H groups in total. The predicted molar refractivity (Wildman–Crippen MR) is 130 cm³/mol.